The Morgan fingerprint density at radius 3 is 2.84 bits per heavy atom. The number of ether oxygens (including phenoxy) is 3. The molecule has 2 amide bonds. The molecular weight excluding hydrogens is 402 g/mol. The van der Waals surface area contributed by atoms with Crippen LogP contribution in [-0.4, -0.2) is 76.6 Å². The first-order chi connectivity index (χ1) is 15.1. The number of hydrogen-bond acceptors (Lipinski definition) is 7. The lowest BCUT2D eigenvalue weighted by Gasteiger charge is -2.52. The van der Waals surface area contributed by atoms with E-state index in [1.165, 1.54) is 16.1 Å². The predicted octanol–water partition coefficient (Wildman–Crippen LogP) is 0.726. The summed E-state index contributed by atoms with van der Waals surface area (Å²) < 4.78 is 17.2. The van der Waals surface area contributed by atoms with Crippen molar-refractivity contribution in [3.63, 3.8) is 0 Å². The Kier molecular flexibility index (Phi) is 5.39. The summed E-state index contributed by atoms with van der Waals surface area (Å²) in [4.78, 5) is 28.4. The number of nitrogens with zero attached hydrogens (tertiary/aromatic N) is 3. The summed E-state index contributed by atoms with van der Waals surface area (Å²) >= 11 is 0. The third-order valence-electron chi connectivity index (χ3n) is 5.89. The van der Waals surface area contributed by atoms with Crippen LogP contribution in [0.5, 0.6) is 0 Å². The molecule has 9 heteroatoms. The molecule has 1 unspecified atom stereocenters. The SMILES string of the molecule is O=C1C2=C(OCc3ccccc3)C(O)C=CN2N(C(=O)[C@H]2CCCO2)[C@@H]2COCCN12. The van der Waals surface area contributed by atoms with E-state index in [-0.39, 0.29) is 36.5 Å². The maximum Gasteiger partial charge on any atom is 0.277 e. The van der Waals surface area contributed by atoms with Crippen molar-refractivity contribution in [2.24, 2.45) is 0 Å². The van der Waals surface area contributed by atoms with Gasteiger partial charge in [-0.15, -0.1) is 0 Å². The second-order valence-electron chi connectivity index (χ2n) is 7.86. The lowest BCUT2D eigenvalue weighted by molar-refractivity contribution is -0.196. The number of aliphatic hydroxyl groups excluding tert-OH is 1. The van der Waals surface area contributed by atoms with Crippen LogP contribution in [0, 0.1) is 0 Å². The zero-order valence-corrected chi connectivity index (χ0v) is 17.1. The molecule has 4 aliphatic rings. The molecule has 5 rings (SSSR count). The molecule has 0 aliphatic carbocycles. The summed E-state index contributed by atoms with van der Waals surface area (Å²) in [5.41, 5.74) is 1.05. The predicted molar refractivity (Wildman–Crippen MR) is 107 cm³/mol. The monoisotopic (exact) mass is 427 g/mol. The van der Waals surface area contributed by atoms with E-state index in [1.54, 1.807) is 11.1 Å². The molecule has 1 aromatic carbocycles. The molecule has 1 N–H and O–H groups in total. The first-order valence-corrected chi connectivity index (χ1v) is 10.5. The van der Waals surface area contributed by atoms with Gasteiger partial charge in [0, 0.05) is 19.4 Å². The molecule has 164 valence electrons. The minimum Gasteiger partial charge on any atom is -0.488 e. The van der Waals surface area contributed by atoms with Crippen molar-refractivity contribution in [1.29, 1.82) is 0 Å². The van der Waals surface area contributed by atoms with E-state index in [9.17, 15) is 14.7 Å². The third kappa shape index (κ3) is 3.58. The molecule has 1 aromatic rings. The van der Waals surface area contributed by atoms with Crippen LogP contribution in [0.3, 0.4) is 0 Å². The maximum atomic E-state index is 13.4. The average molecular weight is 427 g/mol. The van der Waals surface area contributed by atoms with Crippen molar-refractivity contribution in [3.05, 3.63) is 59.6 Å². The minimum atomic E-state index is -1.09. The van der Waals surface area contributed by atoms with E-state index < -0.39 is 18.4 Å². The standard InChI is InChI=1S/C22H25N3O6/c26-16-8-9-24-19(20(16)31-13-15-5-2-1-3-6-15)22(28)23-10-12-29-14-18(23)25(24)21(27)17-7-4-11-30-17/h1-3,5-6,8-9,16-18,26H,4,7,10-14H2/t16?,17-,18-/m1/s1. The molecule has 31 heavy (non-hydrogen) atoms. The molecule has 3 fully saturated rings. The average Bonchev–Trinajstić information content (AvgIpc) is 3.34. The molecular formula is C22H25N3O6. The number of hydrogen-bond donors (Lipinski definition) is 1. The van der Waals surface area contributed by atoms with E-state index >= 15 is 0 Å². The normalized spacial score (nSPS) is 28.0. The summed E-state index contributed by atoms with van der Waals surface area (Å²) in [7, 11) is 0. The van der Waals surface area contributed by atoms with Gasteiger partial charge in [0.05, 0.1) is 13.2 Å². The first-order valence-electron chi connectivity index (χ1n) is 10.5. The Morgan fingerprint density at radius 2 is 2.06 bits per heavy atom. The molecule has 0 aromatic heterocycles. The summed E-state index contributed by atoms with van der Waals surface area (Å²) in [6.07, 6.45) is 2.28. The van der Waals surface area contributed by atoms with Gasteiger partial charge >= 0.3 is 0 Å². The van der Waals surface area contributed by atoms with Crippen molar-refractivity contribution in [3.8, 4) is 0 Å². The molecule has 4 heterocycles. The van der Waals surface area contributed by atoms with Gasteiger partial charge in [0.15, 0.2) is 17.6 Å². The smallest absolute Gasteiger partial charge is 0.277 e. The minimum absolute atomic E-state index is 0.131. The van der Waals surface area contributed by atoms with Crippen molar-refractivity contribution in [2.45, 2.75) is 37.8 Å². The molecule has 3 atom stereocenters. The van der Waals surface area contributed by atoms with Crippen LogP contribution in [-0.2, 0) is 30.4 Å². The number of carbonyl (C=O) groups is 2. The van der Waals surface area contributed by atoms with Gasteiger partial charge in [-0.2, -0.15) is 0 Å². The second-order valence-corrected chi connectivity index (χ2v) is 7.86. The number of hydrazine groups is 1. The van der Waals surface area contributed by atoms with E-state index in [4.69, 9.17) is 14.2 Å². The van der Waals surface area contributed by atoms with Crippen molar-refractivity contribution >= 4 is 11.8 Å². The Morgan fingerprint density at radius 1 is 1.23 bits per heavy atom. The van der Waals surface area contributed by atoms with Crippen LogP contribution >= 0.6 is 0 Å². The fraction of sp³-hybridized carbons (Fsp3) is 0.455. The number of morpholine rings is 1. The van der Waals surface area contributed by atoms with Crippen LogP contribution in [0.4, 0.5) is 0 Å². The van der Waals surface area contributed by atoms with Crippen molar-refractivity contribution < 1.29 is 28.9 Å². The van der Waals surface area contributed by atoms with Gasteiger partial charge in [0.1, 0.15) is 18.8 Å². The number of benzene rings is 1. The Hall–Kier alpha value is -2.88. The van der Waals surface area contributed by atoms with Crippen LogP contribution in [0.15, 0.2) is 54.1 Å². The number of amides is 2. The van der Waals surface area contributed by atoms with Gasteiger partial charge in [-0.05, 0) is 24.5 Å². The highest BCUT2D eigenvalue weighted by Crippen LogP contribution is 2.35. The van der Waals surface area contributed by atoms with Crippen molar-refractivity contribution in [2.75, 3.05) is 26.4 Å². The molecule has 3 saturated heterocycles. The highest BCUT2D eigenvalue weighted by atomic mass is 16.5. The third-order valence-corrected chi connectivity index (χ3v) is 5.89. The fourth-order valence-corrected chi connectivity index (χ4v) is 4.33. The topological polar surface area (TPSA) is 91.8 Å². The number of rotatable bonds is 4. The summed E-state index contributed by atoms with van der Waals surface area (Å²) in [6, 6.07) is 9.51. The lowest BCUT2D eigenvalue weighted by Crippen LogP contribution is -2.69. The second kappa shape index (κ2) is 8.33. The fourth-order valence-electron chi connectivity index (χ4n) is 4.33. The summed E-state index contributed by atoms with van der Waals surface area (Å²) in [6.45, 7) is 1.68. The maximum absolute atomic E-state index is 13.4. The van der Waals surface area contributed by atoms with Crippen LogP contribution in [0.25, 0.3) is 0 Å². The van der Waals surface area contributed by atoms with E-state index in [0.29, 0.717) is 26.2 Å². The zero-order chi connectivity index (χ0) is 21.4. The van der Waals surface area contributed by atoms with E-state index in [0.717, 1.165) is 12.0 Å². The Balaban J connectivity index is 1.51. The number of carbonyl (C=O) groups excluding carboxylic acids is 2. The van der Waals surface area contributed by atoms with Crippen LogP contribution in [0.2, 0.25) is 0 Å². The number of aliphatic hydroxyl groups is 1. The Labute approximate surface area is 180 Å². The largest absolute Gasteiger partial charge is 0.488 e. The van der Waals surface area contributed by atoms with Crippen LogP contribution < -0.4 is 0 Å². The molecule has 0 bridgehead atoms. The Bertz CT molecular complexity index is 911. The number of fused-ring (bicyclic) bond motifs is 2. The van der Waals surface area contributed by atoms with Crippen LogP contribution in [0.1, 0.15) is 18.4 Å². The van der Waals surface area contributed by atoms with Gasteiger partial charge in [-0.25, -0.2) is 10.0 Å². The molecule has 0 saturated carbocycles. The molecule has 9 nitrogen and oxygen atoms in total. The van der Waals surface area contributed by atoms with Gasteiger partial charge in [-0.1, -0.05) is 30.3 Å². The molecule has 0 spiro atoms. The highest BCUT2D eigenvalue weighted by molar-refractivity contribution is 5.96. The van der Waals surface area contributed by atoms with Gasteiger partial charge in [0.2, 0.25) is 0 Å². The van der Waals surface area contributed by atoms with E-state index in [1.807, 2.05) is 30.3 Å². The zero-order valence-electron chi connectivity index (χ0n) is 17.1. The quantitative estimate of drug-likeness (QED) is 0.757. The summed E-state index contributed by atoms with van der Waals surface area (Å²) in [5.74, 6) is -0.394. The summed E-state index contributed by atoms with van der Waals surface area (Å²) in [5, 5.41) is 13.6. The van der Waals surface area contributed by atoms with Gasteiger partial charge in [-0.3, -0.25) is 9.59 Å². The first kappa shape index (κ1) is 20.0. The highest BCUT2D eigenvalue weighted by Gasteiger charge is 2.50. The van der Waals surface area contributed by atoms with Gasteiger partial charge < -0.3 is 24.2 Å². The van der Waals surface area contributed by atoms with Gasteiger partial charge in [0.25, 0.3) is 11.8 Å². The van der Waals surface area contributed by atoms with E-state index in [2.05, 4.69) is 0 Å². The molecule has 4 aliphatic heterocycles. The van der Waals surface area contributed by atoms with Crippen molar-refractivity contribution in [1.82, 2.24) is 14.9 Å². The molecule has 0 radical (unpaired) electrons. The lowest BCUT2D eigenvalue weighted by atomic mass is 10.1.